The summed E-state index contributed by atoms with van der Waals surface area (Å²) in [6.07, 6.45) is 3.97. The average molecular weight is 330 g/mol. The van der Waals surface area contributed by atoms with Gasteiger partial charge in [-0.3, -0.25) is 14.7 Å². The predicted octanol–water partition coefficient (Wildman–Crippen LogP) is 1.01. The van der Waals surface area contributed by atoms with E-state index in [1.165, 1.54) is 6.20 Å². The average Bonchev–Trinajstić information content (AvgIpc) is 3.10. The van der Waals surface area contributed by atoms with Gasteiger partial charge in [0.25, 0.3) is 5.91 Å². The summed E-state index contributed by atoms with van der Waals surface area (Å²) in [4.78, 5) is 24.4. The molecule has 128 valence electrons. The summed E-state index contributed by atoms with van der Waals surface area (Å²) >= 11 is 0. The molecule has 1 amide bonds. The molecule has 0 bridgehead atoms. The lowest BCUT2D eigenvalue weighted by Crippen LogP contribution is -2.47. The Labute approximate surface area is 140 Å². The number of primary amides is 1. The van der Waals surface area contributed by atoms with Crippen molar-refractivity contribution >= 4 is 11.6 Å². The first-order valence-electron chi connectivity index (χ1n) is 8.15. The van der Waals surface area contributed by atoms with Crippen LogP contribution in [0.2, 0.25) is 0 Å². The summed E-state index contributed by atoms with van der Waals surface area (Å²) in [6, 6.07) is 1.91. The van der Waals surface area contributed by atoms with Crippen molar-refractivity contribution in [2.75, 3.05) is 31.1 Å². The number of aryl methyl sites for hydroxylation is 1. The second kappa shape index (κ2) is 6.96. The fourth-order valence-electron chi connectivity index (χ4n) is 2.94. The van der Waals surface area contributed by atoms with Gasteiger partial charge in [-0.1, -0.05) is 12.1 Å². The molecule has 1 atom stereocenters. The van der Waals surface area contributed by atoms with Gasteiger partial charge in [0.05, 0.1) is 17.3 Å². The maximum Gasteiger partial charge on any atom is 0.252 e. The Morgan fingerprint density at radius 3 is 2.75 bits per heavy atom. The van der Waals surface area contributed by atoms with Gasteiger partial charge >= 0.3 is 0 Å². The van der Waals surface area contributed by atoms with E-state index in [9.17, 15) is 4.79 Å². The van der Waals surface area contributed by atoms with E-state index in [4.69, 9.17) is 10.3 Å². The zero-order chi connectivity index (χ0) is 17.1. The van der Waals surface area contributed by atoms with Crippen LogP contribution in [0.15, 0.2) is 23.0 Å². The number of aromatic nitrogens is 3. The van der Waals surface area contributed by atoms with E-state index >= 15 is 0 Å². The molecule has 2 aromatic rings. The summed E-state index contributed by atoms with van der Waals surface area (Å²) in [5.41, 5.74) is 6.75. The van der Waals surface area contributed by atoms with Crippen molar-refractivity contribution in [2.24, 2.45) is 5.73 Å². The smallest absolute Gasteiger partial charge is 0.252 e. The number of carbonyl (C=O) groups is 1. The number of carbonyl (C=O) groups excluding carboxylic acids is 1. The molecule has 1 aliphatic rings. The van der Waals surface area contributed by atoms with Gasteiger partial charge in [0.15, 0.2) is 5.82 Å². The first-order valence-corrected chi connectivity index (χ1v) is 8.15. The van der Waals surface area contributed by atoms with Crippen LogP contribution < -0.4 is 10.6 Å². The zero-order valence-electron chi connectivity index (χ0n) is 14.0. The van der Waals surface area contributed by atoms with Crippen molar-refractivity contribution in [1.82, 2.24) is 20.0 Å². The maximum atomic E-state index is 11.6. The second-order valence-electron chi connectivity index (χ2n) is 5.86. The summed E-state index contributed by atoms with van der Waals surface area (Å²) in [5.74, 6) is 0.937. The minimum Gasteiger partial charge on any atom is -0.368 e. The standard InChI is InChI=1S/C16H22N6O2/c1-3-14-19-16(24-20-14)11(2)21-6-8-22(9-7-21)13-4-5-18-10-12(13)15(17)23/h4-5,10-11H,3,6-9H2,1-2H3,(H2,17,23). The van der Waals surface area contributed by atoms with Gasteiger partial charge < -0.3 is 15.2 Å². The molecule has 1 aliphatic heterocycles. The van der Waals surface area contributed by atoms with Crippen LogP contribution in [0.3, 0.4) is 0 Å². The molecule has 1 saturated heterocycles. The molecule has 2 aromatic heterocycles. The van der Waals surface area contributed by atoms with Gasteiger partial charge in [-0.15, -0.1) is 0 Å². The number of hydrogen-bond acceptors (Lipinski definition) is 7. The molecule has 0 aromatic carbocycles. The molecule has 0 spiro atoms. The molecule has 3 heterocycles. The highest BCUT2D eigenvalue weighted by Gasteiger charge is 2.27. The SMILES string of the molecule is CCc1noc(C(C)N2CCN(c3ccncc3C(N)=O)CC2)n1. The largest absolute Gasteiger partial charge is 0.368 e. The molecule has 0 aliphatic carbocycles. The summed E-state index contributed by atoms with van der Waals surface area (Å²) in [5, 5.41) is 3.96. The molecule has 2 N–H and O–H groups in total. The molecule has 1 fully saturated rings. The Kier molecular flexibility index (Phi) is 4.75. The number of nitrogens with zero attached hydrogens (tertiary/aromatic N) is 5. The fraction of sp³-hybridized carbons (Fsp3) is 0.500. The van der Waals surface area contributed by atoms with Crippen LogP contribution in [-0.4, -0.2) is 52.1 Å². The lowest BCUT2D eigenvalue weighted by atomic mass is 10.1. The third-order valence-electron chi connectivity index (χ3n) is 4.42. The fourth-order valence-corrected chi connectivity index (χ4v) is 2.94. The molecule has 3 rings (SSSR count). The van der Waals surface area contributed by atoms with E-state index in [0.717, 1.165) is 44.1 Å². The van der Waals surface area contributed by atoms with Gasteiger partial charge in [-0.05, 0) is 13.0 Å². The van der Waals surface area contributed by atoms with Crippen LogP contribution in [0.5, 0.6) is 0 Å². The quantitative estimate of drug-likeness (QED) is 0.873. The molecular weight excluding hydrogens is 308 g/mol. The molecule has 0 saturated carbocycles. The van der Waals surface area contributed by atoms with E-state index in [-0.39, 0.29) is 6.04 Å². The van der Waals surface area contributed by atoms with E-state index in [2.05, 4.69) is 31.8 Å². The summed E-state index contributed by atoms with van der Waals surface area (Å²) < 4.78 is 5.35. The van der Waals surface area contributed by atoms with Crippen LogP contribution in [0.1, 0.15) is 42.0 Å². The van der Waals surface area contributed by atoms with Crippen molar-refractivity contribution in [2.45, 2.75) is 26.3 Å². The van der Waals surface area contributed by atoms with Crippen molar-refractivity contribution in [1.29, 1.82) is 0 Å². The minimum absolute atomic E-state index is 0.0769. The van der Waals surface area contributed by atoms with Crippen LogP contribution in [-0.2, 0) is 6.42 Å². The monoisotopic (exact) mass is 330 g/mol. The zero-order valence-corrected chi connectivity index (χ0v) is 14.0. The topological polar surface area (TPSA) is 101 Å². The minimum atomic E-state index is -0.452. The van der Waals surface area contributed by atoms with Crippen molar-refractivity contribution in [3.05, 3.63) is 35.7 Å². The van der Waals surface area contributed by atoms with Gasteiger partial charge in [0.1, 0.15) is 0 Å². The van der Waals surface area contributed by atoms with Crippen molar-refractivity contribution in [3.63, 3.8) is 0 Å². The van der Waals surface area contributed by atoms with E-state index in [0.29, 0.717) is 11.5 Å². The highest BCUT2D eigenvalue weighted by molar-refractivity contribution is 5.98. The number of rotatable bonds is 5. The molecule has 8 nitrogen and oxygen atoms in total. The molecule has 0 radical (unpaired) electrons. The van der Waals surface area contributed by atoms with E-state index in [1.54, 1.807) is 6.20 Å². The Morgan fingerprint density at radius 1 is 1.38 bits per heavy atom. The molecular formula is C16H22N6O2. The normalized spacial score (nSPS) is 17.0. The maximum absolute atomic E-state index is 11.6. The molecule has 8 heteroatoms. The highest BCUT2D eigenvalue weighted by Crippen LogP contribution is 2.24. The van der Waals surface area contributed by atoms with Crippen molar-refractivity contribution < 1.29 is 9.32 Å². The lowest BCUT2D eigenvalue weighted by molar-refractivity contribution is 0.1000. The van der Waals surface area contributed by atoms with Gasteiger partial charge in [0, 0.05) is 45.0 Å². The number of amides is 1. The van der Waals surface area contributed by atoms with Crippen LogP contribution in [0.25, 0.3) is 0 Å². The first kappa shape index (κ1) is 16.4. The first-order chi connectivity index (χ1) is 11.6. The van der Waals surface area contributed by atoms with E-state index in [1.807, 2.05) is 13.0 Å². The Hall–Kier alpha value is -2.48. The van der Waals surface area contributed by atoms with Crippen LogP contribution in [0, 0.1) is 0 Å². The second-order valence-corrected chi connectivity index (χ2v) is 5.86. The third kappa shape index (κ3) is 3.23. The van der Waals surface area contributed by atoms with Gasteiger partial charge in [0.2, 0.25) is 5.89 Å². The van der Waals surface area contributed by atoms with E-state index < -0.39 is 5.91 Å². The highest BCUT2D eigenvalue weighted by atomic mass is 16.5. The van der Waals surface area contributed by atoms with Crippen LogP contribution in [0.4, 0.5) is 5.69 Å². The third-order valence-corrected chi connectivity index (χ3v) is 4.42. The molecule has 24 heavy (non-hydrogen) atoms. The van der Waals surface area contributed by atoms with Gasteiger partial charge in [-0.2, -0.15) is 4.98 Å². The Morgan fingerprint density at radius 2 is 2.12 bits per heavy atom. The predicted molar refractivity (Wildman–Crippen MR) is 88.6 cm³/mol. The summed E-state index contributed by atoms with van der Waals surface area (Å²) in [6.45, 7) is 7.34. The number of anilines is 1. The molecule has 1 unspecified atom stereocenters. The number of hydrogen-bond donors (Lipinski definition) is 1. The lowest BCUT2D eigenvalue weighted by Gasteiger charge is -2.38. The number of nitrogens with two attached hydrogens (primary N) is 1. The van der Waals surface area contributed by atoms with Crippen LogP contribution >= 0.6 is 0 Å². The Balaban J connectivity index is 1.66. The van der Waals surface area contributed by atoms with Gasteiger partial charge in [-0.25, -0.2) is 0 Å². The summed E-state index contributed by atoms with van der Waals surface area (Å²) in [7, 11) is 0. The number of pyridine rings is 1. The Bertz CT molecular complexity index is 708. The van der Waals surface area contributed by atoms with Crippen molar-refractivity contribution in [3.8, 4) is 0 Å². The number of piperazine rings is 1.